The lowest BCUT2D eigenvalue weighted by atomic mass is 9.86. The fraction of sp³-hybridized carbons (Fsp3) is 0.846. The number of thioether (sulfide) groups is 1. The predicted molar refractivity (Wildman–Crippen MR) is 74.5 cm³/mol. The third-order valence-corrected chi connectivity index (χ3v) is 4.78. The molecule has 102 valence electrons. The lowest BCUT2D eigenvalue weighted by molar-refractivity contribution is 0.283. The van der Waals surface area contributed by atoms with Crippen molar-refractivity contribution in [3.8, 4) is 0 Å². The molecule has 0 unspecified atom stereocenters. The summed E-state index contributed by atoms with van der Waals surface area (Å²) >= 11 is 1.83. The summed E-state index contributed by atoms with van der Waals surface area (Å²) in [4.78, 5) is 4.56. The predicted octanol–water partition coefficient (Wildman–Crippen LogP) is 2.87. The van der Waals surface area contributed by atoms with E-state index in [1.165, 1.54) is 12.8 Å². The summed E-state index contributed by atoms with van der Waals surface area (Å²) < 4.78 is 5.68. The second-order valence-electron chi connectivity index (χ2n) is 6.11. The molecule has 0 spiro atoms. The van der Waals surface area contributed by atoms with E-state index in [0.29, 0.717) is 6.54 Å². The fourth-order valence-electron chi connectivity index (χ4n) is 2.37. The van der Waals surface area contributed by atoms with Gasteiger partial charge >= 0.3 is 0 Å². The molecule has 18 heavy (non-hydrogen) atoms. The molecule has 1 aliphatic rings. The fourth-order valence-corrected chi connectivity index (χ4v) is 3.05. The average Bonchev–Trinajstić information content (AvgIpc) is 2.95. The van der Waals surface area contributed by atoms with Gasteiger partial charge in [0.05, 0.1) is 11.2 Å². The minimum absolute atomic E-state index is 0.0440. The lowest BCUT2D eigenvalue weighted by Crippen LogP contribution is -2.32. The zero-order valence-corrected chi connectivity index (χ0v) is 12.3. The molecule has 0 radical (unpaired) electrons. The Morgan fingerprint density at radius 2 is 2.00 bits per heavy atom. The molecule has 0 atom stereocenters. The highest BCUT2D eigenvalue weighted by molar-refractivity contribution is 7.99. The van der Waals surface area contributed by atoms with Gasteiger partial charge in [-0.2, -0.15) is 4.98 Å². The third-order valence-electron chi connectivity index (χ3n) is 3.51. The first-order valence-corrected chi connectivity index (χ1v) is 7.61. The molecule has 1 aromatic rings. The Kier molecular flexibility index (Phi) is 4.02. The summed E-state index contributed by atoms with van der Waals surface area (Å²) in [5.74, 6) is 2.35. The smallest absolute Gasteiger partial charge is 0.234 e. The molecule has 1 saturated carbocycles. The van der Waals surface area contributed by atoms with E-state index >= 15 is 0 Å². The molecule has 0 aromatic carbocycles. The van der Waals surface area contributed by atoms with Gasteiger partial charge in [-0.1, -0.05) is 38.8 Å². The highest BCUT2D eigenvalue weighted by Gasteiger charge is 2.39. The Morgan fingerprint density at radius 3 is 2.56 bits per heavy atom. The first-order chi connectivity index (χ1) is 8.45. The minimum Gasteiger partial charge on any atom is -0.339 e. The van der Waals surface area contributed by atoms with E-state index in [0.717, 1.165) is 30.3 Å². The molecular formula is C13H23N3OS. The van der Waals surface area contributed by atoms with E-state index in [2.05, 4.69) is 30.9 Å². The van der Waals surface area contributed by atoms with Crippen LogP contribution < -0.4 is 5.73 Å². The van der Waals surface area contributed by atoms with Gasteiger partial charge < -0.3 is 10.3 Å². The largest absolute Gasteiger partial charge is 0.339 e. The molecule has 0 bridgehead atoms. The lowest BCUT2D eigenvalue weighted by Gasteiger charge is -2.21. The number of rotatable bonds is 4. The molecule has 0 aliphatic heterocycles. The van der Waals surface area contributed by atoms with Gasteiger partial charge in [-0.05, 0) is 12.8 Å². The number of nitrogens with two attached hydrogens (primary N) is 1. The van der Waals surface area contributed by atoms with Gasteiger partial charge in [-0.25, -0.2) is 0 Å². The minimum atomic E-state index is -0.0440. The monoisotopic (exact) mass is 269 g/mol. The average molecular weight is 269 g/mol. The maximum absolute atomic E-state index is 5.92. The summed E-state index contributed by atoms with van der Waals surface area (Å²) in [5.41, 5.74) is 5.88. The highest BCUT2D eigenvalue weighted by Crippen LogP contribution is 2.39. The van der Waals surface area contributed by atoms with Crippen LogP contribution in [-0.4, -0.2) is 21.4 Å². The van der Waals surface area contributed by atoms with Crippen molar-refractivity contribution >= 4 is 11.8 Å². The molecular weight excluding hydrogens is 246 g/mol. The van der Waals surface area contributed by atoms with E-state index in [4.69, 9.17) is 10.3 Å². The first-order valence-electron chi connectivity index (χ1n) is 6.62. The van der Waals surface area contributed by atoms with Crippen LogP contribution in [-0.2, 0) is 11.2 Å². The van der Waals surface area contributed by atoms with Gasteiger partial charge in [0, 0.05) is 11.3 Å². The molecule has 1 heterocycles. The molecule has 4 nitrogen and oxygen atoms in total. The molecule has 0 amide bonds. The van der Waals surface area contributed by atoms with Gasteiger partial charge in [0.2, 0.25) is 5.89 Å². The van der Waals surface area contributed by atoms with Crippen LogP contribution in [0.15, 0.2) is 4.52 Å². The van der Waals surface area contributed by atoms with Crippen molar-refractivity contribution in [3.63, 3.8) is 0 Å². The van der Waals surface area contributed by atoms with Gasteiger partial charge in [0.15, 0.2) is 5.82 Å². The quantitative estimate of drug-likeness (QED) is 0.910. The van der Waals surface area contributed by atoms with Crippen LogP contribution in [0, 0.1) is 0 Å². The Bertz CT molecular complexity index is 391. The maximum atomic E-state index is 5.92. The van der Waals surface area contributed by atoms with Gasteiger partial charge in [-0.3, -0.25) is 0 Å². The van der Waals surface area contributed by atoms with E-state index in [1.807, 2.05) is 11.8 Å². The molecule has 1 aromatic heterocycles. The Hall–Kier alpha value is -0.550. The van der Waals surface area contributed by atoms with Crippen molar-refractivity contribution in [2.24, 2.45) is 5.73 Å². The summed E-state index contributed by atoms with van der Waals surface area (Å²) in [6.45, 7) is 7.19. The van der Waals surface area contributed by atoms with Crippen LogP contribution in [0.2, 0.25) is 0 Å². The summed E-state index contributed by atoms with van der Waals surface area (Å²) in [6, 6.07) is 0. The molecule has 1 aliphatic carbocycles. The van der Waals surface area contributed by atoms with Crippen molar-refractivity contribution in [1.82, 2.24) is 10.1 Å². The Morgan fingerprint density at radius 1 is 1.33 bits per heavy atom. The molecule has 0 saturated heterocycles. The van der Waals surface area contributed by atoms with Crippen LogP contribution in [0.5, 0.6) is 0 Å². The molecule has 2 rings (SSSR count). The topological polar surface area (TPSA) is 64.9 Å². The van der Waals surface area contributed by atoms with Crippen LogP contribution in [0.4, 0.5) is 0 Å². The van der Waals surface area contributed by atoms with Crippen molar-refractivity contribution in [3.05, 3.63) is 11.7 Å². The van der Waals surface area contributed by atoms with E-state index in [9.17, 15) is 0 Å². The van der Waals surface area contributed by atoms with Crippen molar-refractivity contribution in [2.45, 2.75) is 62.4 Å². The third kappa shape index (κ3) is 3.06. The van der Waals surface area contributed by atoms with Gasteiger partial charge in [0.25, 0.3) is 0 Å². The van der Waals surface area contributed by atoms with Crippen molar-refractivity contribution in [2.75, 3.05) is 6.54 Å². The van der Waals surface area contributed by atoms with Crippen LogP contribution in [0.3, 0.4) is 0 Å². The van der Waals surface area contributed by atoms with Gasteiger partial charge in [0.1, 0.15) is 0 Å². The van der Waals surface area contributed by atoms with Crippen molar-refractivity contribution < 1.29 is 4.52 Å². The summed E-state index contributed by atoms with van der Waals surface area (Å²) in [6.07, 6.45) is 4.59. The van der Waals surface area contributed by atoms with Crippen LogP contribution >= 0.6 is 11.8 Å². The number of hydrogen-bond acceptors (Lipinski definition) is 5. The highest BCUT2D eigenvalue weighted by atomic mass is 32.2. The molecule has 1 fully saturated rings. The van der Waals surface area contributed by atoms with Crippen LogP contribution in [0.1, 0.15) is 58.2 Å². The van der Waals surface area contributed by atoms with Crippen LogP contribution in [0.25, 0.3) is 0 Å². The standard InChI is InChI=1S/C13H23N3OS/c1-12(2,3)18-8-10-15-11(17-16-10)13(9-14)6-4-5-7-13/h4-9,14H2,1-3H3. The Balaban J connectivity index is 2.05. The van der Waals surface area contributed by atoms with E-state index in [-0.39, 0.29) is 10.2 Å². The molecule has 5 heteroatoms. The summed E-state index contributed by atoms with van der Waals surface area (Å²) in [5, 5.41) is 4.09. The first kappa shape index (κ1) is 13.9. The normalized spacial score (nSPS) is 19.3. The SMILES string of the molecule is CC(C)(C)SCc1noc(C2(CN)CCCC2)n1. The zero-order chi connectivity index (χ0) is 13.2. The Labute approximate surface area is 113 Å². The van der Waals surface area contributed by atoms with Crippen molar-refractivity contribution in [1.29, 1.82) is 0 Å². The summed E-state index contributed by atoms with van der Waals surface area (Å²) in [7, 11) is 0. The number of nitrogens with zero attached hydrogens (tertiary/aromatic N) is 2. The van der Waals surface area contributed by atoms with E-state index < -0.39 is 0 Å². The maximum Gasteiger partial charge on any atom is 0.234 e. The zero-order valence-electron chi connectivity index (χ0n) is 11.5. The second kappa shape index (κ2) is 5.21. The second-order valence-corrected chi connectivity index (χ2v) is 7.91. The molecule has 2 N–H and O–H groups in total. The van der Waals surface area contributed by atoms with Gasteiger partial charge in [-0.15, -0.1) is 11.8 Å². The van der Waals surface area contributed by atoms with E-state index in [1.54, 1.807) is 0 Å². The number of aromatic nitrogens is 2. The number of hydrogen-bond donors (Lipinski definition) is 1.